The summed E-state index contributed by atoms with van der Waals surface area (Å²) in [5.74, 6) is 0.950. The number of benzene rings is 1. The van der Waals surface area contributed by atoms with Crippen molar-refractivity contribution in [1.82, 2.24) is 15.2 Å². The standard InChI is InChI=1S/C22H29N3O/c26-22(13-15-11-17-8-9-18(12-15)23-17)25-10-4-3-7-21(25)20-14-16-5-1-2-6-19(16)24-20/h1-2,5-6,14-15,17-18,21,23-24H,3-4,7-13H2. The van der Waals surface area contributed by atoms with Crippen LogP contribution in [0, 0.1) is 5.92 Å². The molecule has 3 fully saturated rings. The first kappa shape index (κ1) is 16.4. The maximum atomic E-state index is 13.2. The van der Waals surface area contributed by atoms with E-state index in [2.05, 4.69) is 45.5 Å². The van der Waals surface area contributed by atoms with Crippen LogP contribution in [-0.4, -0.2) is 34.4 Å². The molecule has 1 aromatic carbocycles. The first-order valence-corrected chi connectivity index (χ1v) is 10.4. The van der Waals surface area contributed by atoms with Gasteiger partial charge in [0.25, 0.3) is 0 Å². The van der Waals surface area contributed by atoms with Gasteiger partial charge < -0.3 is 15.2 Å². The number of rotatable bonds is 3. The smallest absolute Gasteiger partial charge is 0.223 e. The van der Waals surface area contributed by atoms with Crippen molar-refractivity contribution < 1.29 is 4.79 Å². The largest absolute Gasteiger partial charge is 0.357 e. The minimum atomic E-state index is 0.224. The minimum Gasteiger partial charge on any atom is -0.357 e. The predicted molar refractivity (Wildman–Crippen MR) is 104 cm³/mol. The number of fused-ring (bicyclic) bond motifs is 3. The molecule has 3 atom stereocenters. The second kappa shape index (κ2) is 6.73. The lowest BCUT2D eigenvalue weighted by Crippen LogP contribution is -2.42. The van der Waals surface area contributed by atoms with Crippen molar-refractivity contribution in [3.63, 3.8) is 0 Å². The van der Waals surface area contributed by atoms with E-state index < -0.39 is 0 Å². The molecule has 5 rings (SSSR count). The highest BCUT2D eigenvalue weighted by Crippen LogP contribution is 2.36. The van der Waals surface area contributed by atoms with Gasteiger partial charge in [0, 0.05) is 36.3 Å². The predicted octanol–water partition coefficient (Wildman–Crippen LogP) is 4.14. The maximum absolute atomic E-state index is 13.2. The van der Waals surface area contributed by atoms with Crippen LogP contribution in [0.25, 0.3) is 10.9 Å². The summed E-state index contributed by atoms with van der Waals surface area (Å²) in [6.45, 7) is 0.913. The van der Waals surface area contributed by atoms with Crippen LogP contribution in [0.3, 0.4) is 0 Å². The second-order valence-electron chi connectivity index (χ2n) is 8.59. The maximum Gasteiger partial charge on any atom is 0.223 e. The van der Waals surface area contributed by atoms with Gasteiger partial charge in [-0.1, -0.05) is 18.2 Å². The number of H-pyrrole nitrogens is 1. The molecule has 0 aliphatic carbocycles. The van der Waals surface area contributed by atoms with Gasteiger partial charge in [0.1, 0.15) is 0 Å². The third-order valence-corrected chi connectivity index (χ3v) is 6.77. The Kier molecular flexibility index (Phi) is 4.24. The van der Waals surface area contributed by atoms with Crippen molar-refractivity contribution in [2.75, 3.05) is 6.54 Å². The molecule has 4 nitrogen and oxygen atoms in total. The average Bonchev–Trinajstić information content (AvgIpc) is 3.24. The van der Waals surface area contributed by atoms with Crippen molar-refractivity contribution in [1.29, 1.82) is 0 Å². The molecular weight excluding hydrogens is 322 g/mol. The van der Waals surface area contributed by atoms with E-state index in [1.807, 2.05) is 0 Å². The van der Waals surface area contributed by atoms with Crippen molar-refractivity contribution >= 4 is 16.8 Å². The molecule has 0 spiro atoms. The Balaban J connectivity index is 1.33. The molecule has 0 radical (unpaired) electrons. The second-order valence-corrected chi connectivity index (χ2v) is 8.59. The Bertz CT molecular complexity index is 753. The topological polar surface area (TPSA) is 48.1 Å². The van der Waals surface area contributed by atoms with Gasteiger partial charge in [0.15, 0.2) is 0 Å². The lowest BCUT2D eigenvalue weighted by Gasteiger charge is -2.37. The first-order chi connectivity index (χ1) is 12.8. The molecule has 4 heterocycles. The summed E-state index contributed by atoms with van der Waals surface area (Å²) in [6.07, 6.45) is 9.15. The summed E-state index contributed by atoms with van der Waals surface area (Å²) in [6, 6.07) is 12.2. The van der Waals surface area contributed by atoms with Crippen LogP contribution in [0.1, 0.15) is 63.1 Å². The zero-order valence-corrected chi connectivity index (χ0v) is 15.4. The van der Waals surface area contributed by atoms with Crippen molar-refractivity contribution in [2.24, 2.45) is 5.92 Å². The van der Waals surface area contributed by atoms with Gasteiger partial charge in [-0.05, 0) is 68.4 Å². The number of aromatic amines is 1. The summed E-state index contributed by atoms with van der Waals surface area (Å²) in [5.41, 5.74) is 2.39. The number of nitrogens with one attached hydrogen (secondary N) is 2. The third kappa shape index (κ3) is 3.05. The molecule has 26 heavy (non-hydrogen) atoms. The van der Waals surface area contributed by atoms with Gasteiger partial charge in [-0.15, -0.1) is 0 Å². The minimum absolute atomic E-state index is 0.224. The molecule has 138 valence electrons. The highest BCUT2D eigenvalue weighted by atomic mass is 16.2. The van der Waals surface area contributed by atoms with Crippen LogP contribution in [0.15, 0.2) is 30.3 Å². The molecule has 2 aromatic rings. The number of amides is 1. The molecule has 0 saturated carbocycles. The number of para-hydroxylation sites is 1. The Labute approximate surface area is 155 Å². The number of carbonyl (C=O) groups is 1. The summed E-state index contributed by atoms with van der Waals surface area (Å²) in [7, 11) is 0. The van der Waals surface area contributed by atoms with Gasteiger partial charge in [0.05, 0.1) is 6.04 Å². The number of nitrogens with zero attached hydrogens (tertiary/aromatic N) is 1. The van der Waals surface area contributed by atoms with Crippen LogP contribution >= 0.6 is 0 Å². The van der Waals surface area contributed by atoms with Gasteiger partial charge in [-0.25, -0.2) is 0 Å². The monoisotopic (exact) mass is 351 g/mol. The molecule has 3 saturated heterocycles. The quantitative estimate of drug-likeness (QED) is 0.873. The van der Waals surface area contributed by atoms with Crippen molar-refractivity contribution in [3.05, 3.63) is 36.0 Å². The van der Waals surface area contributed by atoms with Gasteiger partial charge in [0.2, 0.25) is 5.91 Å². The molecule has 3 aliphatic rings. The first-order valence-electron chi connectivity index (χ1n) is 10.4. The van der Waals surface area contributed by atoms with Gasteiger partial charge in [-0.2, -0.15) is 0 Å². The lowest BCUT2D eigenvalue weighted by atomic mass is 9.88. The molecule has 1 amide bonds. The van der Waals surface area contributed by atoms with E-state index in [-0.39, 0.29) is 6.04 Å². The number of aromatic nitrogens is 1. The fraction of sp³-hybridized carbons (Fsp3) is 0.591. The third-order valence-electron chi connectivity index (χ3n) is 6.77. The van der Waals surface area contributed by atoms with Crippen LogP contribution in [0.5, 0.6) is 0 Å². The van der Waals surface area contributed by atoms with E-state index in [0.29, 0.717) is 23.9 Å². The van der Waals surface area contributed by atoms with E-state index in [9.17, 15) is 4.79 Å². The Hall–Kier alpha value is -1.81. The number of likely N-dealkylation sites (tertiary alicyclic amines) is 1. The Morgan fingerprint density at radius 1 is 1.08 bits per heavy atom. The van der Waals surface area contributed by atoms with E-state index in [1.54, 1.807) is 0 Å². The molecule has 1 aromatic heterocycles. The summed E-state index contributed by atoms with van der Waals surface area (Å²) in [4.78, 5) is 18.9. The van der Waals surface area contributed by atoms with Crippen LogP contribution in [0.2, 0.25) is 0 Å². The average molecular weight is 351 g/mol. The molecule has 4 heteroatoms. The van der Waals surface area contributed by atoms with Crippen molar-refractivity contribution in [2.45, 2.75) is 69.5 Å². The summed E-state index contributed by atoms with van der Waals surface area (Å²) < 4.78 is 0. The van der Waals surface area contributed by atoms with Gasteiger partial charge >= 0.3 is 0 Å². The Morgan fingerprint density at radius 3 is 2.69 bits per heavy atom. The number of piperidine rings is 2. The molecule has 2 N–H and O–H groups in total. The van der Waals surface area contributed by atoms with E-state index in [1.165, 1.54) is 48.7 Å². The molecular formula is C22H29N3O. The number of hydrogen-bond acceptors (Lipinski definition) is 2. The molecule has 2 bridgehead atoms. The highest BCUT2D eigenvalue weighted by Gasteiger charge is 2.36. The lowest BCUT2D eigenvalue weighted by molar-refractivity contribution is -0.136. The van der Waals surface area contributed by atoms with E-state index in [0.717, 1.165) is 25.8 Å². The van der Waals surface area contributed by atoms with Crippen LogP contribution in [0.4, 0.5) is 0 Å². The molecule has 3 unspecified atom stereocenters. The fourth-order valence-electron chi connectivity index (χ4n) is 5.53. The van der Waals surface area contributed by atoms with E-state index in [4.69, 9.17) is 0 Å². The van der Waals surface area contributed by atoms with Gasteiger partial charge in [-0.3, -0.25) is 4.79 Å². The SMILES string of the molecule is O=C(CC1CC2CCC(C1)N2)N1CCCCC1c1cc2ccccc2[nH]1. The Morgan fingerprint density at radius 2 is 1.88 bits per heavy atom. The fourth-order valence-corrected chi connectivity index (χ4v) is 5.53. The van der Waals surface area contributed by atoms with E-state index >= 15 is 0 Å². The van der Waals surface area contributed by atoms with Crippen molar-refractivity contribution in [3.8, 4) is 0 Å². The normalized spacial score (nSPS) is 31.5. The number of carbonyl (C=O) groups excluding carboxylic acids is 1. The zero-order valence-electron chi connectivity index (χ0n) is 15.4. The van der Waals surface area contributed by atoms with Crippen LogP contribution in [-0.2, 0) is 4.79 Å². The molecule has 3 aliphatic heterocycles. The zero-order chi connectivity index (χ0) is 17.5. The van der Waals surface area contributed by atoms with Crippen LogP contribution < -0.4 is 5.32 Å². The summed E-state index contributed by atoms with van der Waals surface area (Å²) >= 11 is 0. The highest BCUT2D eigenvalue weighted by molar-refractivity contribution is 5.81. The number of hydrogen-bond donors (Lipinski definition) is 2. The summed E-state index contributed by atoms with van der Waals surface area (Å²) in [5, 5.41) is 4.94.